The van der Waals surface area contributed by atoms with E-state index in [1.807, 2.05) is 30.6 Å². The van der Waals surface area contributed by atoms with E-state index in [-0.39, 0.29) is 0 Å². The zero-order valence-corrected chi connectivity index (χ0v) is 11.4. The first kappa shape index (κ1) is 13.0. The van der Waals surface area contributed by atoms with Gasteiger partial charge in [0, 0.05) is 29.4 Å². The number of aromatic nitrogens is 2. The van der Waals surface area contributed by atoms with Crippen LogP contribution in [0.2, 0.25) is 5.02 Å². The van der Waals surface area contributed by atoms with E-state index in [1.165, 1.54) is 0 Å². The van der Waals surface area contributed by atoms with E-state index in [0.29, 0.717) is 0 Å². The van der Waals surface area contributed by atoms with Crippen LogP contribution in [0.1, 0.15) is 24.7 Å². The Bertz CT molecular complexity index is 522. The minimum atomic E-state index is 0.725. The normalized spacial score (nSPS) is 10.6. The molecule has 0 radical (unpaired) electrons. The monoisotopic (exact) mass is 264 g/mol. The number of nitrogens with zero attached hydrogens (tertiary/aromatic N) is 2. The van der Waals surface area contributed by atoms with Crippen molar-refractivity contribution in [1.29, 1.82) is 0 Å². The highest BCUT2D eigenvalue weighted by Crippen LogP contribution is 2.23. The Balaban J connectivity index is 2.27. The number of benzene rings is 1. The Labute approximate surface area is 112 Å². The number of halogens is 1. The fourth-order valence-corrected chi connectivity index (χ4v) is 2.18. The van der Waals surface area contributed by atoms with Gasteiger partial charge in [0.2, 0.25) is 0 Å². The first-order valence-corrected chi connectivity index (χ1v) is 6.44. The van der Waals surface area contributed by atoms with Gasteiger partial charge in [-0.2, -0.15) is 0 Å². The summed E-state index contributed by atoms with van der Waals surface area (Å²) in [4.78, 5) is 4.37. The number of ether oxygens (including phenoxy) is 1. The molecule has 96 valence electrons. The van der Waals surface area contributed by atoms with Crippen LogP contribution in [0.4, 0.5) is 0 Å². The van der Waals surface area contributed by atoms with Gasteiger partial charge in [0.05, 0.1) is 13.7 Å². The Morgan fingerprint density at radius 2 is 2.22 bits per heavy atom. The van der Waals surface area contributed by atoms with Crippen molar-refractivity contribution in [3.05, 3.63) is 47.0 Å². The molecule has 0 aliphatic rings. The van der Waals surface area contributed by atoms with E-state index >= 15 is 0 Å². The van der Waals surface area contributed by atoms with Gasteiger partial charge in [-0.1, -0.05) is 18.5 Å². The van der Waals surface area contributed by atoms with Crippen LogP contribution >= 0.6 is 11.6 Å². The smallest absolute Gasteiger partial charge is 0.123 e. The molecule has 18 heavy (non-hydrogen) atoms. The molecule has 0 saturated carbocycles. The molecule has 1 aromatic heterocycles. The van der Waals surface area contributed by atoms with Crippen molar-refractivity contribution in [3.8, 4) is 5.75 Å². The summed E-state index contributed by atoms with van der Waals surface area (Å²) in [6.45, 7) is 2.89. The van der Waals surface area contributed by atoms with Crippen LogP contribution in [-0.4, -0.2) is 16.7 Å². The van der Waals surface area contributed by atoms with E-state index in [2.05, 4.69) is 16.5 Å². The molecule has 0 bridgehead atoms. The van der Waals surface area contributed by atoms with Crippen LogP contribution in [0.25, 0.3) is 0 Å². The Kier molecular flexibility index (Phi) is 4.26. The molecule has 1 heterocycles. The highest BCUT2D eigenvalue weighted by atomic mass is 35.5. The summed E-state index contributed by atoms with van der Waals surface area (Å²) in [5.41, 5.74) is 1.07. The van der Waals surface area contributed by atoms with Crippen molar-refractivity contribution >= 4 is 11.6 Å². The average Bonchev–Trinajstić information content (AvgIpc) is 2.78. The molecule has 0 spiro atoms. The molecule has 0 aliphatic heterocycles. The molecule has 2 aromatic rings. The van der Waals surface area contributed by atoms with E-state index in [0.717, 1.165) is 41.5 Å². The largest absolute Gasteiger partial charge is 0.496 e. The molecule has 0 saturated heterocycles. The third-order valence-electron chi connectivity index (χ3n) is 2.86. The summed E-state index contributed by atoms with van der Waals surface area (Å²) in [6.07, 6.45) is 5.90. The number of imidazole rings is 1. The maximum atomic E-state index is 6.03. The van der Waals surface area contributed by atoms with Crippen LogP contribution < -0.4 is 4.74 Å². The van der Waals surface area contributed by atoms with Crippen molar-refractivity contribution in [2.45, 2.75) is 26.3 Å². The van der Waals surface area contributed by atoms with Crippen LogP contribution in [0.3, 0.4) is 0 Å². The molecule has 1 aromatic carbocycles. The van der Waals surface area contributed by atoms with Gasteiger partial charge in [-0.15, -0.1) is 0 Å². The summed E-state index contributed by atoms with van der Waals surface area (Å²) in [5, 5.41) is 0.725. The second-order valence-corrected chi connectivity index (χ2v) is 4.61. The first-order chi connectivity index (χ1) is 8.74. The number of hydrogen-bond donors (Lipinski definition) is 0. The molecular weight excluding hydrogens is 248 g/mol. The van der Waals surface area contributed by atoms with Crippen LogP contribution in [0, 0.1) is 0 Å². The highest BCUT2D eigenvalue weighted by Gasteiger charge is 2.07. The maximum Gasteiger partial charge on any atom is 0.123 e. The van der Waals surface area contributed by atoms with E-state index < -0.39 is 0 Å². The topological polar surface area (TPSA) is 27.1 Å². The van der Waals surface area contributed by atoms with Crippen molar-refractivity contribution in [2.75, 3.05) is 7.11 Å². The number of aryl methyl sites for hydroxylation is 1. The predicted octanol–water partition coefficient (Wildman–Crippen LogP) is 3.55. The third kappa shape index (κ3) is 2.85. The second kappa shape index (κ2) is 5.91. The van der Waals surface area contributed by atoms with Gasteiger partial charge < -0.3 is 9.30 Å². The molecule has 0 fully saturated rings. The zero-order chi connectivity index (χ0) is 13.0. The fourth-order valence-electron chi connectivity index (χ4n) is 1.99. The summed E-state index contributed by atoms with van der Waals surface area (Å²) in [5.74, 6) is 1.95. The van der Waals surface area contributed by atoms with E-state index in [9.17, 15) is 0 Å². The van der Waals surface area contributed by atoms with Crippen LogP contribution in [-0.2, 0) is 13.0 Å². The SMILES string of the molecule is CCCc1nccn1Cc1cc(Cl)ccc1OC. The van der Waals surface area contributed by atoms with Gasteiger partial charge in [-0.25, -0.2) is 4.98 Å². The Morgan fingerprint density at radius 1 is 1.39 bits per heavy atom. The summed E-state index contributed by atoms with van der Waals surface area (Å²) in [7, 11) is 1.67. The van der Waals surface area contributed by atoms with Crippen molar-refractivity contribution in [1.82, 2.24) is 9.55 Å². The quantitative estimate of drug-likeness (QED) is 0.826. The molecule has 0 aliphatic carbocycles. The lowest BCUT2D eigenvalue weighted by atomic mass is 10.2. The van der Waals surface area contributed by atoms with E-state index in [4.69, 9.17) is 16.3 Å². The zero-order valence-electron chi connectivity index (χ0n) is 10.7. The number of hydrogen-bond acceptors (Lipinski definition) is 2. The number of rotatable bonds is 5. The highest BCUT2D eigenvalue weighted by molar-refractivity contribution is 6.30. The van der Waals surface area contributed by atoms with Gasteiger partial charge in [-0.05, 0) is 24.6 Å². The molecule has 3 nitrogen and oxygen atoms in total. The number of methoxy groups -OCH3 is 1. The molecule has 0 unspecified atom stereocenters. The average molecular weight is 265 g/mol. The minimum Gasteiger partial charge on any atom is -0.496 e. The third-order valence-corrected chi connectivity index (χ3v) is 3.09. The maximum absolute atomic E-state index is 6.03. The van der Waals surface area contributed by atoms with Gasteiger partial charge in [-0.3, -0.25) is 0 Å². The van der Waals surface area contributed by atoms with Crippen molar-refractivity contribution < 1.29 is 4.74 Å². The van der Waals surface area contributed by atoms with Crippen LogP contribution in [0.5, 0.6) is 5.75 Å². The fraction of sp³-hybridized carbons (Fsp3) is 0.357. The molecule has 0 atom stereocenters. The Hall–Kier alpha value is -1.48. The second-order valence-electron chi connectivity index (χ2n) is 4.18. The van der Waals surface area contributed by atoms with E-state index in [1.54, 1.807) is 7.11 Å². The summed E-state index contributed by atoms with van der Waals surface area (Å²) < 4.78 is 7.49. The molecule has 2 rings (SSSR count). The summed E-state index contributed by atoms with van der Waals surface area (Å²) >= 11 is 6.03. The molecule has 0 N–H and O–H groups in total. The minimum absolute atomic E-state index is 0.725. The first-order valence-electron chi connectivity index (χ1n) is 6.07. The standard InChI is InChI=1S/C14H17ClN2O/c1-3-4-14-16-7-8-17(14)10-11-9-12(15)5-6-13(11)18-2/h5-9H,3-4,10H2,1-2H3. The van der Waals surface area contributed by atoms with Crippen molar-refractivity contribution in [2.24, 2.45) is 0 Å². The molecule has 4 heteroatoms. The van der Waals surface area contributed by atoms with Gasteiger partial charge in [0.25, 0.3) is 0 Å². The van der Waals surface area contributed by atoms with Gasteiger partial charge >= 0.3 is 0 Å². The molecule has 0 amide bonds. The Morgan fingerprint density at radius 3 is 2.94 bits per heavy atom. The lowest BCUT2D eigenvalue weighted by Crippen LogP contribution is -2.05. The van der Waals surface area contributed by atoms with Gasteiger partial charge in [0.1, 0.15) is 11.6 Å². The summed E-state index contributed by atoms with van der Waals surface area (Å²) in [6, 6.07) is 5.68. The lowest BCUT2D eigenvalue weighted by molar-refractivity contribution is 0.408. The van der Waals surface area contributed by atoms with Crippen LogP contribution in [0.15, 0.2) is 30.6 Å². The lowest BCUT2D eigenvalue weighted by Gasteiger charge is -2.11. The molecular formula is C14H17ClN2O. The van der Waals surface area contributed by atoms with Crippen molar-refractivity contribution in [3.63, 3.8) is 0 Å². The van der Waals surface area contributed by atoms with Gasteiger partial charge in [0.15, 0.2) is 0 Å². The predicted molar refractivity (Wildman–Crippen MR) is 73.3 cm³/mol.